The zero-order chi connectivity index (χ0) is 14.8. The number of rotatable bonds is 4. The van der Waals surface area contributed by atoms with E-state index in [0.717, 1.165) is 0 Å². The van der Waals surface area contributed by atoms with Crippen LogP contribution >= 0.6 is 0 Å². The fourth-order valence-electron chi connectivity index (χ4n) is 2.47. The Balaban J connectivity index is 2.12. The molecule has 2 rings (SSSR count). The lowest BCUT2D eigenvalue weighted by atomic mass is 9.94. The molecule has 1 saturated heterocycles. The van der Waals surface area contributed by atoms with Gasteiger partial charge in [0, 0.05) is 39.4 Å². The molecular formula is C13H19F2N3O2. The van der Waals surface area contributed by atoms with Crippen LogP contribution in [0.1, 0.15) is 23.8 Å². The molecule has 1 aliphatic heterocycles. The van der Waals surface area contributed by atoms with Crippen LogP contribution < -0.4 is 0 Å². The van der Waals surface area contributed by atoms with Crippen molar-refractivity contribution in [3.63, 3.8) is 0 Å². The first-order valence-electron chi connectivity index (χ1n) is 6.67. The Kier molecular flexibility index (Phi) is 4.37. The standard InChI is InChI=1S/C13H19F2N3O2/c1-3-18-11(4-6-16-18)12(19)17-7-5-13(14,15)10(8-17)9-20-2/h4,6,10H,3,5,7-9H2,1-2H3. The number of hydrogen-bond donors (Lipinski definition) is 0. The monoisotopic (exact) mass is 287 g/mol. The normalized spacial score (nSPS) is 22.0. The number of hydrogen-bond acceptors (Lipinski definition) is 3. The van der Waals surface area contributed by atoms with Crippen molar-refractivity contribution in [2.24, 2.45) is 5.92 Å². The second-order valence-corrected chi connectivity index (χ2v) is 4.95. The van der Waals surface area contributed by atoms with Crippen molar-refractivity contribution in [2.75, 3.05) is 26.8 Å². The van der Waals surface area contributed by atoms with Crippen molar-refractivity contribution in [2.45, 2.75) is 25.8 Å². The van der Waals surface area contributed by atoms with E-state index in [1.807, 2.05) is 6.92 Å². The molecule has 0 aliphatic carbocycles. The summed E-state index contributed by atoms with van der Waals surface area (Å²) in [5, 5.41) is 4.03. The van der Waals surface area contributed by atoms with Gasteiger partial charge in [-0.1, -0.05) is 0 Å². The van der Waals surface area contributed by atoms with Gasteiger partial charge in [-0.25, -0.2) is 8.78 Å². The predicted octanol–water partition coefficient (Wildman–Crippen LogP) is 1.65. The van der Waals surface area contributed by atoms with Gasteiger partial charge in [-0.15, -0.1) is 0 Å². The zero-order valence-electron chi connectivity index (χ0n) is 11.7. The quantitative estimate of drug-likeness (QED) is 0.846. The summed E-state index contributed by atoms with van der Waals surface area (Å²) in [6.45, 7) is 2.46. The van der Waals surface area contributed by atoms with Gasteiger partial charge >= 0.3 is 0 Å². The summed E-state index contributed by atoms with van der Waals surface area (Å²) in [5.41, 5.74) is 0.439. The zero-order valence-corrected chi connectivity index (χ0v) is 11.7. The van der Waals surface area contributed by atoms with E-state index in [1.54, 1.807) is 16.9 Å². The number of amides is 1. The number of carbonyl (C=O) groups excluding carboxylic acids is 1. The number of carbonyl (C=O) groups is 1. The van der Waals surface area contributed by atoms with Gasteiger partial charge in [0.1, 0.15) is 5.69 Å². The molecule has 0 N–H and O–H groups in total. The fourth-order valence-corrected chi connectivity index (χ4v) is 2.47. The second kappa shape index (κ2) is 5.87. The molecule has 1 aliphatic rings. The van der Waals surface area contributed by atoms with Crippen molar-refractivity contribution < 1.29 is 18.3 Å². The minimum atomic E-state index is -2.78. The summed E-state index contributed by atoms with van der Waals surface area (Å²) in [6.07, 6.45) is 1.22. The van der Waals surface area contributed by atoms with Gasteiger partial charge < -0.3 is 9.64 Å². The Morgan fingerprint density at radius 1 is 1.60 bits per heavy atom. The van der Waals surface area contributed by atoms with Crippen molar-refractivity contribution in [3.05, 3.63) is 18.0 Å². The van der Waals surface area contributed by atoms with Crippen molar-refractivity contribution in [1.29, 1.82) is 0 Å². The Bertz CT molecular complexity index is 476. The van der Waals surface area contributed by atoms with E-state index in [0.29, 0.717) is 12.2 Å². The topological polar surface area (TPSA) is 47.4 Å². The third-order valence-corrected chi connectivity index (χ3v) is 3.64. The Morgan fingerprint density at radius 3 is 3.00 bits per heavy atom. The molecule has 0 bridgehead atoms. The molecule has 112 valence electrons. The predicted molar refractivity (Wildman–Crippen MR) is 68.7 cm³/mol. The third-order valence-electron chi connectivity index (χ3n) is 3.64. The van der Waals surface area contributed by atoms with Crippen LogP contribution in [0.4, 0.5) is 8.78 Å². The van der Waals surface area contributed by atoms with Crippen LogP contribution in [0.5, 0.6) is 0 Å². The lowest BCUT2D eigenvalue weighted by molar-refractivity contribution is -0.118. The van der Waals surface area contributed by atoms with E-state index >= 15 is 0 Å². The van der Waals surface area contributed by atoms with Gasteiger partial charge in [0.15, 0.2) is 0 Å². The van der Waals surface area contributed by atoms with Gasteiger partial charge in [-0.3, -0.25) is 9.48 Å². The molecule has 1 aromatic rings. The van der Waals surface area contributed by atoms with Gasteiger partial charge in [0.2, 0.25) is 0 Å². The smallest absolute Gasteiger partial charge is 0.272 e. The van der Waals surface area contributed by atoms with E-state index in [4.69, 9.17) is 4.74 Å². The average molecular weight is 287 g/mol. The SMILES string of the molecule is CCn1nccc1C(=O)N1CCC(F)(F)C(COC)C1. The highest BCUT2D eigenvalue weighted by atomic mass is 19.3. The molecule has 0 aromatic carbocycles. The molecular weight excluding hydrogens is 268 g/mol. The van der Waals surface area contributed by atoms with Crippen LogP contribution in [-0.4, -0.2) is 53.3 Å². The van der Waals surface area contributed by atoms with E-state index in [9.17, 15) is 13.6 Å². The Labute approximate surface area is 116 Å². The van der Waals surface area contributed by atoms with Crippen LogP contribution in [0.3, 0.4) is 0 Å². The number of halogens is 2. The molecule has 2 heterocycles. The van der Waals surface area contributed by atoms with Crippen molar-refractivity contribution >= 4 is 5.91 Å². The first kappa shape index (κ1) is 14.9. The van der Waals surface area contributed by atoms with Gasteiger partial charge in [0.25, 0.3) is 11.8 Å². The summed E-state index contributed by atoms with van der Waals surface area (Å²) < 4.78 is 33.9. The summed E-state index contributed by atoms with van der Waals surface area (Å²) in [4.78, 5) is 13.8. The van der Waals surface area contributed by atoms with E-state index < -0.39 is 11.8 Å². The van der Waals surface area contributed by atoms with E-state index in [-0.39, 0.29) is 32.0 Å². The van der Waals surface area contributed by atoms with Crippen LogP contribution in [0, 0.1) is 5.92 Å². The maximum atomic E-state index is 13.7. The number of aryl methyl sites for hydroxylation is 1. The maximum Gasteiger partial charge on any atom is 0.272 e. The van der Waals surface area contributed by atoms with Crippen molar-refractivity contribution in [1.82, 2.24) is 14.7 Å². The number of methoxy groups -OCH3 is 1. The van der Waals surface area contributed by atoms with Gasteiger partial charge in [-0.2, -0.15) is 5.10 Å². The van der Waals surface area contributed by atoms with Crippen LogP contribution in [-0.2, 0) is 11.3 Å². The van der Waals surface area contributed by atoms with E-state index in [1.165, 1.54) is 12.0 Å². The molecule has 0 radical (unpaired) electrons. The molecule has 0 spiro atoms. The lowest BCUT2D eigenvalue weighted by Gasteiger charge is -2.38. The molecule has 7 heteroatoms. The Morgan fingerprint density at radius 2 is 2.35 bits per heavy atom. The van der Waals surface area contributed by atoms with Gasteiger partial charge in [-0.05, 0) is 13.0 Å². The first-order chi connectivity index (χ1) is 9.49. The minimum absolute atomic E-state index is 0.00850. The Hall–Kier alpha value is -1.50. The highest BCUT2D eigenvalue weighted by Crippen LogP contribution is 2.34. The number of alkyl halides is 2. The molecule has 1 aromatic heterocycles. The summed E-state index contributed by atoms with van der Waals surface area (Å²) in [7, 11) is 1.39. The first-order valence-corrected chi connectivity index (χ1v) is 6.67. The number of nitrogens with zero attached hydrogens (tertiary/aromatic N) is 3. The molecule has 1 atom stereocenters. The highest BCUT2D eigenvalue weighted by Gasteiger charge is 2.45. The summed E-state index contributed by atoms with van der Waals surface area (Å²) in [6, 6.07) is 1.61. The van der Waals surface area contributed by atoms with Crippen LogP contribution in [0.25, 0.3) is 0 Å². The summed E-state index contributed by atoms with van der Waals surface area (Å²) >= 11 is 0. The molecule has 1 fully saturated rings. The third kappa shape index (κ3) is 2.82. The van der Waals surface area contributed by atoms with E-state index in [2.05, 4.69) is 5.10 Å². The second-order valence-electron chi connectivity index (χ2n) is 4.95. The molecule has 0 saturated carbocycles. The van der Waals surface area contributed by atoms with Crippen LogP contribution in [0.2, 0.25) is 0 Å². The molecule has 5 nitrogen and oxygen atoms in total. The maximum absolute atomic E-state index is 13.7. The van der Waals surface area contributed by atoms with Gasteiger partial charge in [0.05, 0.1) is 12.5 Å². The minimum Gasteiger partial charge on any atom is -0.384 e. The lowest BCUT2D eigenvalue weighted by Crippen LogP contribution is -2.51. The largest absolute Gasteiger partial charge is 0.384 e. The highest BCUT2D eigenvalue weighted by molar-refractivity contribution is 5.92. The molecule has 1 amide bonds. The molecule has 1 unspecified atom stereocenters. The number of ether oxygens (including phenoxy) is 1. The molecule has 20 heavy (non-hydrogen) atoms. The number of likely N-dealkylation sites (tertiary alicyclic amines) is 1. The fraction of sp³-hybridized carbons (Fsp3) is 0.692. The average Bonchev–Trinajstić information content (AvgIpc) is 2.89. The number of aromatic nitrogens is 2. The van der Waals surface area contributed by atoms with Crippen LogP contribution in [0.15, 0.2) is 12.3 Å². The number of piperidine rings is 1. The summed E-state index contributed by atoms with van der Waals surface area (Å²) in [5.74, 6) is -3.98. The van der Waals surface area contributed by atoms with Crippen molar-refractivity contribution in [3.8, 4) is 0 Å².